The van der Waals surface area contributed by atoms with Crippen molar-refractivity contribution in [3.05, 3.63) is 0 Å². The first-order valence-electron chi connectivity index (χ1n) is 12.1. The lowest BCUT2D eigenvalue weighted by atomic mass is 10.1. The van der Waals surface area contributed by atoms with E-state index >= 15 is 0 Å². The summed E-state index contributed by atoms with van der Waals surface area (Å²) in [5.74, 6) is 1.72. The standard InChI is InChI=1S/C24H48N4O4Si/c1-17(2)13-21(9)25-29-33(30-26-22(10)14-18(3)4,31-27-23(11)15-19(5)6)32-28-24(12)16-20(7)8/h17-20H,13-16H2,1-12H3/b25-21-,26-22-,27-23+,28-24+. The highest BCUT2D eigenvalue weighted by Gasteiger charge is 2.63. The van der Waals surface area contributed by atoms with Gasteiger partial charge in [-0.05, 0) is 77.0 Å². The summed E-state index contributed by atoms with van der Waals surface area (Å²) in [4.78, 5) is 0. The van der Waals surface area contributed by atoms with Gasteiger partial charge in [0.25, 0.3) is 0 Å². The predicted molar refractivity (Wildman–Crippen MR) is 140 cm³/mol. The lowest BCUT2D eigenvalue weighted by Crippen LogP contribution is -2.45. The van der Waals surface area contributed by atoms with Gasteiger partial charge in [0.05, 0.1) is 22.8 Å². The van der Waals surface area contributed by atoms with E-state index in [-0.39, 0.29) is 0 Å². The van der Waals surface area contributed by atoms with Crippen LogP contribution in [0.1, 0.15) is 109 Å². The number of nitrogens with zero attached hydrogens (tertiary/aromatic N) is 4. The van der Waals surface area contributed by atoms with Crippen LogP contribution in [-0.2, 0) is 18.1 Å². The Morgan fingerprint density at radius 2 is 0.636 bits per heavy atom. The molecule has 0 heterocycles. The first kappa shape index (κ1) is 31.1. The molecule has 0 aliphatic rings. The topological polar surface area (TPSA) is 86.4 Å². The van der Waals surface area contributed by atoms with Crippen LogP contribution in [0.2, 0.25) is 0 Å². The highest BCUT2D eigenvalue weighted by Crippen LogP contribution is 2.18. The molecule has 0 rings (SSSR count). The molecule has 9 heteroatoms. The fourth-order valence-corrected chi connectivity index (χ4v) is 4.42. The first-order chi connectivity index (χ1) is 15.2. The normalized spacial score (nSPS) is 14.5. The highest BCUT2D eigenvalue weighted by molar-refractivity contribution is 6.53. The van der Waals surface area contributed by atoms with Crippen molar-refractivity contribution in [1.82, 2.24) is 0 Å². The Morgan fingerprint density at radius 3 is 0.788 bits per heavy atom. The van der Waals surface area contributed by atoms with Crippen LogP contribution >= 0.6 is 0 Å². The van der Waals surface area contributed by atoms with Crippen molar-refractivity contribution in [1.29, 1.82) is 0 Å². The lowest BCUT2D eigenvalue weighted by Gasteiger charge is -2.19. The average molecular weight is 485 g/mol. The molecule has 192 valence electrons. The molecular weight excluding hydrogens is 436 g/mol. The zero-order valence-corrected chi connectivity index (χ0v) is 24.1. The molecule has 0 bridgehead atoms. The van der Waals surface area contributed by atoms with Gasteiger partial charge in [-0.2, -0.15) is 0 Å². The maximum atomic E-state index is 5.80. The molecular formula is C24H48N4O4Si. The predicted octanol–water partition coefficient (Wildman–Crippen LogP) is 7.18. The monoisotopic (exact) mass is 484 g/mol. The van der Waals surface area contributed by atoms with Gasteiger partial charge in [0, 0.05) is 0 Å². The summed E-state index contributed by atoms with van der Waals surface area (Å²) < 4.78 is 23.2. The highest BCUT2D eigenvalue weighted by atomic mass is 28.4. The smallest absolute Gasteiger partial charge is 0.340 e. The molecule has 0 aromatic carbocycles. The maximum absolute atomic E-state index is 5.80. The summed E-state index contributed by atoms with van der Waals surface area (Å²) in [7, 11) is -4.00. The van der Waals surface area contributed by atoms with Gasteiger partial charge >= 0.3 is 9.05 Å². The van der Waals surface area contributed by atoms with Crippen molar-refractivity contribution in [3.63, 3.8) is 0 Å². The molecule has 0 aromatic rings. The van der Waals surface area contributed by atoms with Gasteiger partial charge in [-0.15, -0.1) is 20.6 Å². The fraction of sp³-hybridized carbons (Fsp3) is 0.833. The molecule has 0 aliphatic heterocycles. The SMILES string of the molecule is C/C(CC(C)C)=N/O[Si](O/N=C(/C)CC(C)C)(O/N=C(\C)CC(C)C)O/N=C(\C)CC(C)C. The van der Waals surface area contributed by atoms with Gasteiger partial charge in [-0.25, -0.2) is 0 Å². The number of hydrogen-bond donors (Lipinski definition) is 0. The summed E-state index contributed by atoms with van der Waals surface area (Å²) in [6.45, 7) is 24.5. The van der Waals surface area contributed by atoms with Gasteiger partial charge in [0.1, 0.15) is 0 Å². The Kier molecular flexibility index (Phi) is 14.9. The zero-order valence-electron chi connectivity index (χ0n) is 23.1. The molecule has 0 N–H and O–H groups in total. The summed E-state index contributed by atoms with van der Waals surface area (Å²) in [5.41, 5.74) is 3.19. The summed E-state index contributed by atoms with van der Waals surface area (Å²) >= 11 is 0. The van der Waals surface area contributed by atoms with Crippen molar-refractivity contribution >= 4 is 31.9 Å². The van der Waals surface area contributed by atoms with Crippen molar-refractivity contribution in [2.24, 2.45) is 44.3 Å². The van der Waals surface area contributed by atoms with Crippen molar-refractivity contribution in [3.8, 4) is 0 Å². The van der Waals surface area contributed by atoms with E-state index in [0.29, 0.717) is 23.7 Å². The van der Waals surface area contributed by atoms with Crippen LogP contribution in [0.4, 0.5) is 0 Å². The molecule has 33 heavy (non-hydrogen) atoms. The molecule has 0 amide bonds. The van der Waals surface area contributed by atoms with Crippen LogP contribution in [0.5, 0.6) is 0 Å². The van der Waals surface area contributed by atoms with E-state index in [0.717, 1.165) is 48.5 Å². The molecule has 0 saturated carbocycles. The molecule has 0 unspecified atom stereocenters. The van der Waals surface area contributed by atoms with Crippen molar-refractivity contribution in [2.45, 2.75) is 109 Å². The molecule has 0 spiro atoms. The summed E-state index contributed by atoms with van der Waals surface area (Å²) in [5, 5.41) is 17.0. The third-order valence-electron chi connectivity index (χ3n) is 4.07. The molecule has 0 radical (unpaired) electrons. The Hall–Kier alpha value is -1.90. The summed E-state index contributed by atoms with van der Waals surface area (Å²) in [6, 6.07) is 0. The maximum Gasteiger partial charge on any atom is 1.05 e. The van der Waals surface area contributed by atoms with Crippen LogP contribution in [-0.4, -0.2) is 31.9 Å². The Morgan fingerprint density at radius 1 is 0.455 bits per heavy atom. The van der Waals surface area contributed by atoms with E-state index in [1.54, 1.807) is 0 Å². The average Bonchev–Trinajstić information content (AvgIpc) is 2.64. The Bertz CT molecular complexity index is 568. The molecule has 0 atom stereocenters. The quantitative estimate of drug-likeness (QED) is 0.132. The van der Waals surface area contributed by atoms with E-state index in [9.17, 15) is 0 Å². The number of hydrogen-bond acceptors (Lipinski definition) is 8. The van der Waals surface area contributed by atoms with Gasteiger partial charge in [0.15, 0.2) is 0 Å². The molecule has 0 aliphatic carbocycles. The third-order valence-corrected chi connectivity index (χ3v) is 5.33. The van der Waals surface area contributed by atoms with Crippen LogP contribution in [0.15, 0.2) is 20.6 Å². The minimum Gasteiger partial charge on any atom is -0.340 e. The zero-order chi connectivity index (χ0) is 25.6. The largest absolute Gasteiger partial charge is 1.05 e. The molecule has 8 nitrogen and oxygen atoms in total. The van der Waals surface area contributed by atoms with Gasteiger partial charge < -0.3 is 18.1 Å². The molecule has 0 aromatic heterocycles. The molecule has 0 saturated heterocycles. The summed E-state index contributed by atoms with van der Waals surface area (Å²) in [6.07, 6.45) is 3.08. The van der Waals surface area contributed by atoms with E-state index in [1.165, 1.54) is 0 Å². The van der Waals surface area contributed by atoms with E-state index in [2.05, 4.69) is 76.0 Å². The van der Waals surface area contributed by atoms with Crippen molar-refractivity contribution < 1.29 is 18.1 Å². The van der Waals surface area contributed by atoms with Gasteiger partial charge in [-0.3, -0.25) is 0 Å². The van der Waals surface area contributed by atoms with E-state index < -0.39 is 9.05 Å². The van der Waals surface area contributed by atoms with Gasteiger partial charge in [0.2, 0.25) is 0 Å². The lowest BCUT2D eigenvalue weighted by molar-refractivity contribution is -0.0322. The van der Waals surface area contributed by atoms with Gasteiger partial charge in [-0.1, -0.05) is 55.4 Å². The first-order valence-corrected chi connectivity index (χ1v) is 13.7. The molecule has 0 fully saturated rings. The van der Waals surface area contributed by atoms with E-state index in [4.69, 9.17) is 18.1 Å². The number of oxime groups is 4. The van der Waals surface area contributed by atoms with E-state index in [1.807, 2.05) is 27.7 Å². The van der Waals surface area contributed by atoms with Crippen LogP contribution in [0.25, 0.3) is 0 Å². The second kappa shape index (κ2) is 15.8. The third kappa shape index (κ3) is 16.4. The minimum atomic E-state index is -4.00. The second-order valence-electron chi connectivity index (χ2n) is 10.6. The second-order valence-corrected chi connectivity index (χ2v) is 12.3. The Labute approximate surface area is 203 Å². The van der Waals surface area contributed by atoms with Crippen LogP contribution in [0.3, 0.4) is 0 Å². The fourth-order valence-electron chi connectivity index (χ4n) is 3.15. The number of rotatable bonds is 16. The Balaban J connectivity index is 6.10. The van der Waals surface area contributed by atoms with Crippen molar-refractivity contribution in [2.75, 3.05) is 0 Å². The van der Waals surface area contributed by atoms with Crippen LogP contribution in [0, 0.1) is 23.7 Å². The van der Waals surface area contributed by atoms with Crippen LogP contribution < -0.4 is 0 Å². The minimum absolute atomic E-state index is 0.431.